The van der Waals surface area contributed by atoms with E-state index in [0.717, 1.165) is 29.6 Å². The molecular formula is C14H23ClN2. The van der Waals surface area contributed by atoms with E-state index in [4.69, 9.17) is 17.3 Å². The molecule has 0 bridgehead atoms. The van der Waals surface area contributed by atoms with E-state index in [0.29, 0.717) is 6.54 Å². The standard InChI is InChI=1S/C14H23ClN2/c1-4-11(2)9-17(3)10-13-6-5-12(8-16)7-14(13)15/h5-7,11H,4,8-10,16H2,1-3H3. The van der Waals surface area contributed by atoms with Gasteiger partial charge in [0.05, 0.1) is 0 Å². The molecule has 0 spiro atoms. The lowest BCUT2D eigenvalue weighted by Gasteiger charge is -2.21. The van der Waals surface area contributed by atoms with Gasteiger partial charge in [-0.15, -0.1) is 0 Å². The summed E-state index contributed by atoms with van der Waals surface area (Å²) in [6, 6.07) is 6.10. The Kier molecular flexibility index (Phi) is 5.96. The molecule has 0 amide bonds. The highest BCUT2D eigenvalue weighted by molar-refractivity contribution is 6.31. The van der Waals surface area contributed by atoms with E-state index < -0.39 is 0 Å². The molecule has 1 aromatic rings. The van der Waals surface area contributed by atoms with E-state index in [1.807, 2.05) is 6.07 Å². The third-order valence-electron chi connectivity index (χ3n) is 3.11. The normalized spacial score (nSPS) is 13.1. The van der Waals surface area contributed by atoms with Crippen molar-refractivity contribution in [1.29, 1.82) is 0 Å². The predicted octanol–water partition coefficient (Wildman–Crippen LogP) is 3.28. The van der Waals surface area contributed by atoms with Crippen LogP contribution < -0.4 is 5.73 Å². The van der Waals surface area contributed by atoms with Crippen molar-refractivity contribution in [2.45, 2.75) is 33.4 Å². The van der Waals surface area contributed by atoms with Gasteiger partial charge in [0.15, 0.2) is 0 Å². The third kappa shape index (κ3) is 4.66. The van der Waals surface area contributed by atoms with E-state index >= 15 is 0 Å². The lowest BCUT2D eigenvalue weighted by Crippen LogP contribution is -2.23. The number of rotatable bonds is 6. The number of hydrogen-bond donors (Lipinski definition) is 1. The fraction of sp³-hybridized carbons (Fsp3) is 0.571. The van der Waals surface area contributed by atoms with Gasteiger partial charge in [-0.25, -0.2) is 0 Å². The molecule has 0 radical (unpaired) electrons. The first-order valence-corrected chi connectivity index (χ1v) is 6.60. The second kappa shape index (κ2) is 7.00. The van der Waals surface area contributed by atoms with Crippen LogP contribution >= 0.6 is 11.6 Å². The maximum atomic E-state index is 6.24. The monoisotopic (exact) mass is 254 g/mol. The second-order valence-electron chi connectivity index (χ2n) is 4.84. The van der Waals surface area contributed by atoms with E-state index in [1.54, 1.807) is 0 Å². The number of hydrogen-bond acceptors (Lipinski definition) is 2. The van der Waals surface area contributed by atoms with E-state index in [-0.39, 0.29) is 0 Å². The Bertz CT molecular complexity index is 352. The summed E-state index contributed by atoms with van der Waals surface area (Å²) in [4.78, 5) is 2.32. The first-order valence-electron chi connectivity index (χ1n) is 6.22. The zero-order chi connectivity index (χ0) is 12.8. The number of nitrogens with two attached hydrogens (primary N) is 1. The quantitative estimate of drug-likeness (QED) is 0.844. The Morgan fingerprint density at radius 1 is 1.41 bits per heavy atom. The zero-order valence-corrected chi connectivity index (χ0v) is 11.8. The van der Waals surface area contributed by atoms with Crippen molar-refractivity contribution in [3.8, 4) is 0 Å². The molecule has 2 nitrogen and oxygen atoms in total. The topological polar surface area (TPSA) is 29.3 Å². The molecule has 1 atom stereocenters. The molecule has 0 aliphatic carbocycles. The van der Waals surface area contributed by atoms with Crippen LogP contribution in [0.3, 0.4) is 0 Å². The molecule has 1 unspecified atom stereocenters. The van der Waals surface area contributed by atoms with Crippen LogP contribution in [-0.2, 0) is 13.1 Å². The Labute approximate surface area is 110 Å². The fourth-order valence-corrected chi connectivity index (χ4v) is 2.13. The van der Waals surface area contributed by atoms with E-state index in [9.17, 15) is 0 Å². The summed E-state index contributed by atoms with van der Waals surface area (Å²) in [6.45, 7) is 7.04. The Balaban J connectivity index is 2.62. The zero-order valence-electron chi connectivity index (χ0n) is 11.0. The lowest BCUT2D eigenvalue weighted by molar-refractivity contribution is 0.275. The largest absolute Gasteiger partial charge is 0.326 e. The summed E-state index contributed by atoms with van der Waals surface area (Å²) < 4.78 is 0. The molecule has 17 heavy (non-hydrogen) atoms. The molecular weight excluding hydrogens is 232 g/mol. The summed E-state index contributed by atoms with van der Waals surface area (Å²) in [5, 5.41) is 0.823. The Morgan fingerprint density at radius 3 is 2.65 bits per heavy atom. The minimum atomic E-state index is 0.544. The average molecular weight is 255 g/mol. The van der Waals surface area contributed by atoms with Crippen LogP contribution in [0.1, 0.15) is 31.4 Å². The van der Waals surface area contributed by atoms with E-state index in [2.05, 4.69) is 37.9 Å². The molecule has 3 heteroatoms. The minimum absolute atomic E-state index is 0.544. The minimum Gasteiger partial charge on any atom is -0.326 e. The summed E-state index contributed by atoms with van der Waals surface area (Å²) in [7, 11) is 2.14. The molecule has 0 heterocycles. The first-order chi connectivity index (χ1) is 8.06. The van der Waals surface area contributed by atoms with Crippen molar-refractivity contribution in [3.05, 3.63) is 34.3 Å². The maximum absolute atomic E-state index is 6.24. The molecule has 0 aliphatic rings. The molecule has 0 aliphatic heterocycles. The molecule has 1 rings (SSSR count). The summed E-state index contributed by atoms with van der Waals surface area (Å²) >= 11 is 6.24. The van der Waals surface area contributed by atoms with Gasteiger partial charge in [-0.2, -0.15) is 0 Å². The summed E-state index contributed by atoms with van der Waals surface area (Å²) in [5.41, 5.74) is 7.85. The van der Waals surface area contributed by atoms with Crippen LogP contribution in [0.4, 0.5) is 0 Å². The van der Waals surface area contributed by atoms with Gasteiger partial charge < -0.3 is 10.6 Å². The predicted molar refractivity (Wildman–Crippen MR) is 75.1 cm³/mol. The third-order valence-corrected chi connectivity index (χ3v) is 3.47. The molecule has 96 valence electrons. The van der Waals surface area contributed by atoms with Crippen LogP contribution in [0, 0.1) is 5.92 Å². The molecule has 2 N–H and O–H groups in total. The fourth-order valence-electron chi connectivity index (χ4n) is 1.86. The highest BCUT2D eigenvalue weighted by atomic mass is 35.5. The maximum Gasteiger partial charge on any atom is 0.0454 e. The number of halogens is 1. The van der Waals surface area contributed by atoms with Gasteiger partial charge in [-0.05, 0) is 30.2 Å². The van der Waals surface area contributed by atoms with Gasteiger partial charge in [-0.3, -0.25) is 0 Å². The van der Waals surface area contributed by atoms with Crippen molar-refractivity contribution in [2.75, 3.05) is 13.6 Å². The van der Waals surface area contributed by atoms with Gasteiger partial charge >= 0.3 is 0 Å². The molecule has 0 aromatic heterocycles. The summed E-state index contributed by atoms with van der Waals surface area (Å²) in [5.74, 6) is 0.724. The van der Waals surface area contributed by atoms with Crippen LogP contribution in [0.5, 0.6) is 0 Å². The number of benzene rings is 1. The average Bonchev–Trinajstić information content (AvgIpc) is 2.31. The molecule has 0 fully saturated rings. The van der Waals surface area contributed by atoms with Crippen molar-refractivity contribution in [2.24, 2.45) is 11.7 Å². The Morgan fingerprint density at radius 2 is 2.12 bits per heavy atom. The van der Waals surface area contributed by atoms with Crippen molar-refractivity contribution in [1.82, 2.24) is 4.90 Å². The molecule has 1 aromatic carbocycles. The first kappa shape index (κ1) is 14.5. The molecule has 0 saturated heterocycles. The number of nitrogens with zero attached hydrogens (tertiary/aromatic N) is 1. The van der Waals surface area contributed by atoms with Gasteiger partial charge in [0, 0.05) is 24.7 Å². The smallest absolute Gasteiger partial charge is 0.0454 e. The van der Waals surface area contributed by atoms with Crippen LogP contribution in [0.25, 0.3) is 0 Å². The van der Waals surface area contributed by atoms with Crippen LogP contribution in [0.2, 0.25) is 5.02 Å². The van der Waals surface area contributed by atoms with E-state index in [1.165, 1.54) is 12.0 Å². The van der Waals surface area contributed by atoms with Gasteiger partial charge in [0.2, 0.25) is 0 Å². The van der Waals surface area contributed by atoms with Gasteiger partial charge in [0.1, 0.15) is 0 Å². The van der Waals surface area contributed by atoms with Gasteiger partial charge in [-0.1, -0.05) is 44.0 Å². The second-order valence-corrected chi connectivity index (χ2v) is 5.25. The lowest BCUT2D eigenvalue weighted by atomic mass is 10.1. The van der Waals surface area contributed by atoms with Crippen molar-refractivity contribution < 1.29 is 0 Å². The van der Waals surface area contributed by atoms with Crippen LogP contribution in [-0.4, -0.2) is 18.5 Å². The summed E-state index contributed by atoms with van der Waals surface area (Å²) in [6.07, 6.45) is 1.21. The van der Waals surface area contributed by atoms with Crippen molar-refractivity contribution in [3.63, 3.8) is 0 Å². The van der Waals surface area contributed by atoms with Crippen LogP contribution in [0.15, 0.2) is 18.2 Å². The highest BCUT2D eigenvalue weighted by Gasteiger charge is 2.08. The van der Waals surface area contributed by atoms with Gasteiger partial charge in [0.25, 0.3) is 0 Å². The SMILES string of the molecule is CCC(C)CN(C)Cc1ccc(CN)cc1Cl. The highest BCUT2D eigenvalue weighted by Crippen LogP contribution is 2.19. The Hall–Kier alpha value is -0.570. The van der Waals surface area contributed by atoms with Crippen molar-refractivity contribution >= 4 is 11.6 Å². The molecule has 0 saturated carbocycles.